The number of thioether (sulfide) groups is 1. The predicted molar refractivity (Wildman–Crippen MR) is 131 cm³/mol. The van der Waals surface area contributed by atoms with Crippen LogP contribution in [0.5, 0.6) is 0 Å². The van der Waals surface area contributed by atoms with E-state index < -0.39 is 0 Å². The van der Waals surface area contributed by atoms with E-state index in [1.54, 1.807) is 77.3 Å². The Morgan fingerprint density at radius 2 is 1.68 bits per heavy atom. The summed E-state index contributed by atoms with van der Waals surface area (Å²) in [6.07, 6.45) is 0. The summed E-state index contributed by atoms with van der Waals surface area (Å²) < 4.78 is 4.87. The summed E-state index contributed by atoms with van der Waals surface area (Å²) in [7, 11) is 5.20. The van der Waals surface area contributed by atoms with Gasteiger partial charge in [0.25, 0.3) is 5.91 Å². The van der Waals surface area contributed by atoms with Crippen LogP contribution in [0, 0.1) is 0 Å². The van der Waals surface area contributed by atoms with Crippen LogP contribution in [0.15, 0.2) is 58.5 Å². The number of aryl methyl sites for hydroxylation is 2. The third-order valence-corrected chi connectivity index (χ3v) is 6.55. The van der Waals surface area contributed by atoms with Crippen LogP contribution in [0.25, 0.3) is 11.0 Å². The van der Waals surface area contributed by atoms with Gasteiger partial charge in [-0.3, -0.25) is 18.7 Å². The number of anilines is 1. The number of aromatic nitrogens is 5. The molecule has 0 aliphatic heterocycles. The maximum absolute atomic E-state index is 12.5. The van der Waals surface area contributed by atoms with Crippen molar-refractivity contribution >= 4 is 40.3 Å². The Bertz CT molecular complexity index is 1420. The molecular formula is C23H25N7O3S. The summed E-state index contributed by atoms with van der Waals surface area (Å²) in [4.78, 5) is 37.0. The van der Waals surface area contributed by atoms with E-state index in [4.69, 9.17) is 0 Å². The number of nitrogens with zero attached hydrogens (tertiary/aromatic N) is 5. The molecule has 34 heavy (non-hydrogen) atoms. The topological polar surface area (TPSA) is 116 Å². The minimum Gasteiger partial charge on any atom is -0.342 e. The van der Waals surface area contributed by atoms with Gasteiger partial charge >= 0.3 is 5.69 Å². The first-order chi connectivity index (χ1) is 16.3. The minimum atomic E-state index is -0.363. The molecule has 0 saturated carbocycles. The van der Waals surface area contributed by atoms with Crippen molar-refractivity contribution in [2.45, 2.75) is 18.1 Å². The summed E-state index contributed by atoms with van der Waals surface area (Å²) in [5.74, 6) is 0.308. The number of rotatable bonds is 7. The fraction of sp³-hybridized carbons (Fsp3) is 0.261. The maximum Gasteiger partial charge on any atom is 0.328 e. The highest BCUT2D eigenvalue weighted by molar-refractivity contribution is 7.99. The lowest BCUT2D eigenvalue weighted by Crippen LogP contribution is -2.28. The average Bonchev–Trinajstić information content (AvgIpc) is 3.30. The molecular weight excluding hydrogens is 454 g/mol. The van der Waals surface area contributed by atoms with Gasteiger partial charge in [-0.1, -0.05) is 30.0 Å². The van der Waals surface area contributed by atoms with E-state index in [1.165, 1.54) is 11.8 Å². The van der Waals surface area contributed by atoms with E-state index in [0.29, 0.717) is 22.2 Å². The number of hydrogen-bond acceptors (Lipinski definition) is 6. The summed E-state index contributed by atoms with van der Waals surface area (Å²) >= 11 is 1.25. The smallest absolute Gasteiger partial charge is 0.328 e. The normalized spacial score (nSPS) is 12.0. The van der Waals surface area contributed by atoms with Gasteiger partial charge in [-0.2, -0.15) is 0 Å². The lowest BCUT2D eigenvalue weighted by Gasteiger charge is -2.13. The number of benzene rings is 2. The largest absolute Gasteiger partial charge is 0.342 e. The van der Waals surface area contributed by atoms with Crippen LogP contribution in [0.3, 0.4) is 0 Å². The van der Waals surface area contributed by atoms with Gasteiger partial charge in [-0.15, -0.1) is 10.2 Å². The summed E-state index contributed by atoms with van der Waals surface area (Å²) in [5, 5.41) is 14.7. The molecule has 2 heterocycles. The number of imidazole rings is 1. The number of fused-ring (bicyclic) bond motifs is 1. The number of nitrogens with one attached hydrogen (secondary N) is 2. The van der Waals surface area contributed by atoms with Crippen LogP contribution in [0.2, 0.25) is 0 Å². The second-order valence-electron chi connectivity index (χ2n) is 7.90. The molecule has 4 rings (SSSR count). The fourth-order valence-electron chi connectivity index (χ4n) is 3.67. The first kappa shape index (κ1) is 23.3. The molecule has 2 amide bonds. The summed E-state index contributed by atoms with van der Waals surface area (Å²) in [5.41, 5.74) is 2.58. The molecule has 0 spiro atoms. The maximum atomic E-state index is 12.5. The molecule has 10 nitrogen and oxygen atoms in total. The standard InChI is InChI=1S/C23H25N7O3S/c1-14(24-21(32)15-8-6-5-7-9-15)20-26-27-22(30(20)4)34-13-19(31)25-16-10-11-17-18(12-16)29(3)23(33)28(17)2/h5-12,14H,13H2,1-4H3,(H,24,32)(H,25,31)/t14-/m0/s1. The zero-order valence-corrected chi connectivity index (χ0v) is 20.1. The average molecular weight is 480 g/mol. The van der Waals surface area contributed by atoms with Crippen molar-refractivity contribution < 1.29 is 9.59 Å². The zero-order chi connectivity index (χ0) is 24.4. The molecule has 0 fully saturated rings. The molecule has 176 valence electrons. The minimum absolute atomic E-state index is 0.124. The van der Waals surface area contributed by atoms with E-state index in [2.05, 4.69) is 20.8 Å². The van der Waals surface area contributed by atoms with E-state index >= 15 is 0 Å². The lowest BCUT2D eigenvalue weighted by atomic mass is 10.2. The molecule has 4 aromatic rings. The molecule has 2 aromatic carbocycles. The molecule has 11 heteroatoms. The molecule has 0 saturated heterocycles. The van der Waals surface area contributed by atoms with Gasteiger partial charge in [-0.25, -0.2) is 4.79 Å². The molecule has 2 aromatic heterocycles. The van der Waals surface area contributed by atoms with Gasteiger partial charge in [0.2, 0.25) is 5.91 Å². The van der Waals surface area contributed by atoms with Crippen molar-refractivity contribution in [2.24, 2.45) is 21.1 Å². The Balaban J connectivity index is 1.37. The Morgan fingerprint density at radius 1 is 0.971 bits per heavy atom. The molecule has 0 bridgehead atoms. The number of carbonyl (C=O) groups excluding carboxylic acids is 2. The number of amides is 2. The van der Waals surface area contributed by atoms with Gasteiger partial charge in [-0.05, 0) is 37.3 Å². The first-order valence-corrected chi connectivity index (χ1v) is 11.6. The highest BCUT2D eigenvalue weighted by Gasteiger charge is 2.19. The van der Waals surface area contributed by atoms with Crippen molar-refractivity contribution in [3.8, 4) is 0 Å². The van der Waals surface area contributed by atoms with E-state index in [-0.39, 0.29) is 29.3 Å². The van der Waals surface area contributed by atoms with Crippen LogP contribution in [0.4, 0.5) is 5.69 Å². The number of hydrogen-bond donors (Lipinski definition) is 2. The van der Waals surface area contributed by atoms with Gasteiger partial charge < -0.3 is 15.2 Å². The zero-order valence-electron chi connectivity index (χ0n) is 19.3. The fourth-order valence-corrected chi connectivity index (χ4v) is 4.39. The second kappa shape index (κ2) is 9.56. The summed E-state index contributed by atoms with van der Waals surface area (Å²) in [6.45, 7) is 1.83. The van der Waals surface area contributed by atoms with Crippen LogP contribution in [-0.4, -0.2) is 41.5 Å². The number of carbonyl (C=O) groups is 2. The van der Waals surface area contributed by atoms with Crippen molar-refractivity contribution in [1.29, 1.82) is 0 Å². The predicted octanol–water partition coefficient (Wildman–Crippen LogP) is 2.23. The highest BCUT2D eigenvalue weighted by Crippen LogP contribution is 2.21. The van der Waals surface area contributed by atoms with Crippen LogP contribution < -0.4 is 16.3 Å². The van der Waals surface area contributed by atoms with Crippen LogP contribution >= 0.6 is 11.8 Å². The van der Waals surface area contributed by atoms with Gasteiger partial charge in [0.1, 0.15) is 0 Å². The molecule has 0 aliphatic carbocycles. The Kier molecular flexibility index (Phi) is 6.55. The Morgan fingerprint density at radius 3 is 2.41 bits per heavy atom. The van der Waals surface area contributed by atoms with Crippen molar-refractivity contribution in [3.63, 3.8) is 0 Å². The van der Waals surface area contributed by atoms with Crippen molar-refractivity contribution in [1.82, 2.24) is 29.2 Å². The van der Waals surface area contributed by atoms with Crippen molar-refractivity contribution in [2.75, 3.05) is 11.1 Å². The first-order valence-electron chi connectivity index (χ1n) is 10.6. The molecule has 0 radical (unpaired) electrons. The SMILES string of the molecule is C[C@H](NC(=O)c1ccccc1)c1nnc(SCC(=O)Nc2ccc3c(c2)n(C)c(=O)n3C)n1C. The molecule has 2 N–H and O–H groups in total. The second-order valence-corrected chi connectivity index (χ2v) is 8.84. The molecule has 0 unspecified atom stereocenters. The molecule has 0 aliphatic rings. The third-order valence-electron chi connectivity index (χ3n) is 5.53. The molecule has 1 atom stereocenters. The van der Waals surface area contributed by atoms with Gasteiger partial charge in [0.15, 0.2) is 11.0 Å². The highest BCUT2D eigenvalue weighted by atomic mass is 32.2. The Hall–Kier alpha value is -3.86. The van der Waals surface area contributed by atoms with Gasteiger partial charge in [0.05, 0.1) is 22.8 Å². The lowest BCUT2D eigenvalue weighted by molar-refractivity contribution is -0.113. The van der Waals surface area contributed by atoms with E-state index in [1.807, 2.05) is 13.0 Å². The summed E-state index contributed by atoms with van der Waals surface area (Å²) in [6, 6.07) is 13.9. The van der Waals surface area contributed by atoms with Crippen LogP contribution in [-0.2, 0) is 25.9 Å². The Labute approximate surface area is 200 Å². The van der Waals surface area contributed by atoms with E-state index in [0.717, 1.165) is 11.0 Å². The monoisotopic (exact) mass is 479 g/mol. The third kappa shape index (κ3) is 4.60. The van der Waals surface area contributed by atoms with Crippen LogP contribution in [0.1, 0.15) is 29.1 Å². The quantitative estimate of drug-likeness (QED) is 0.393. The van der Waals surface area contributed by atoms with E-state index in [9.17, 15) is 14.4 Å². The van der Waals surface area contributed by atoms with Crippen molar-refractivity contribution in [3.05, 3.63) is 70.4 Å². The van der Waals surface area contributed by atoms with Gasteiger partial charge in [0, 0.05) is 32.4 Å².